The van der Waals surface area contributed by atoms with Crippen molar-refractivity contribution in [3.63, 3.8) is 0 Å². The molecule has 202 valence electrons. The molecule has 2 heterocycles. The van der Waals surface area contributed by atoms with Gasteiger partial charge in [0.2, 0.25) is 5.91 Å². The third-order valence-electron chi connectivity index (χ3n) is 7.85. The van der Waals surface area contributed by atoms with E-state index in [-0.39, 0.29) is 23.8 Å². The van der Waals surface area contributed by atoms with Crippen molar-refractivity contribution in [2.45, 2.75) is 53.9 Å². The van der Waals surface area contributed by atoms with E-state index < -0.39 is 0 Å². The number of rotatable bonds is 7. The van der Waals surface area contributed by atoms with E-state index in [9.17, 15) is 9.59 Å². The number of thiophene rings is 1. The molecule has 8 heteroatoms. The number of aliphatic hydroxyl groups excluding tert-OH is 1. The molecule has 0 bridgehead atoms. The summed E-state index contributed by atoms with van der Waals surface area (Å²) >= 11 is 1.58. The van der Waals surface area contributed by atoms with Crippen LogP contribution in [0.25, 0.3) is 0 Å². The number of piperazine rings is 1. The smallest absolute Gasteiger partial charge is 0.258 e. The minimum absolute atomic E-state index is 0.0813. The van der Waals surface area contributed by atoms with Crippen molar-refractivity contribution >= 4 is 33.8 Å². The fourth-order valence-electron chi connectivity index (χ4n) is 5.47. The Hall–Kier alpha value is -2.26. The predicted octanol–water partition coefficient (Wildman–Crippen LogP) is 4.32. The first kappa shape index (κ1) is 27.8. The number of carbonyl (C=O) groups excluding carboxylic acids is 2. The van der Waals surface area contributed by atoms with Crippen LogP contribution in [0.4, 0.5) is 10.7 Å². The molecule has 0 spiro atoms. The molecule has 2 aliphatic rings. The summed E-state index contributed by atoms with van der Waals surface area (Å²) in [6.45, 7) is 15.3. The SMILES string of the molecule is Cc1ccc(NC(=O)c2c(NC(=O)CN3CCN(CCO)CC3)sc3c2CCC(C(C)(C)C)C3)c(C)c1. The first-order valence-electron chi connectivity index (χ1n) is 13.4. The fraction of sp³-hybridized carbons (Fsp3) is 0.586. The first-order chi connectivity index (χ1) is 17.5. The molecule has 7 nitrogen and oxygen atoms in total. The van der Waals surface area contributed by atoms with Gasteiger partial charge in [0, 0.05) is 43.3 Å². The van der Waals surface area contributed by atoms with Crippen LogP contribution < -0.4 is 10.6 Å². The molecule has 2 amide bonds. The normalized spacial score (nSPS) is 18.9. The third-order valence-corrected chi connectivity index (χ3v) is 9.02. The maximum Gasteiger partial charge on any atom is 0.258 e. The molecule has 1 aromatic carbocycles. The third kappa shape index (κ3) is 6.79. The summed E-state index contributed by atoms with van der Waals surface area (Å²) < 4.78 is 0. The Balaban J connectivity index is 1.54. The molecule has 4 rings (SSSR count). The summed E-state index contributed by atoms with van der Waals surface area (Å²) in [7, 11) is 0. The van der Waals surface area contributed by atoms with Crippen LogP contribution in [0.15, 0.2) is 18.2 Å². The van der Waals surface area contributed by atoms with Gasteiger partial charge in [-0.1, -0.05) is 38.5 Å². The molecule has 37 heavy (non-hydrogen) atoms. The predicted molar refractivity (Wildman–Crippen MR) is 152 cm³/mol. The maximum atomic E-state index is 13.7. The molecule has 1 aromatic heterocycles. The van der Waals surface area contributed by atoms with Gasteiger partial charge in [-0.3, -0.25) is 19.4 Å². The minimum atomic E-state index is -0.147. The summed E-state index contributed by atoms with van der Waals surface area (Å²) in [6.07, 6.45) is 2.84. The number of hydrogen-bond acceptors (Lipinski definition) is 6. The van der Waals surface area contributed by atoms with Gasteiger partial charge >= 0.3 is 0 Å². The lowest BCUT2D eigenvalue weighted by atomic mass is 9.72. The monoisotopic (exact) mass is 526 g/mol. The lowest BCUT2D eigenvalue weighted by Gasteiger charge is -2.33. The Kier molecular flexibility index (Phi) is 8.74. The van der Waals surface area contributed by atoms with Gasteiger partial charge < -0.3 is 15.7 Å². The fourth-order valence-corrected chi connectivity index (χ4v) is 6.81. The Morgan fingerprint density at radius 1 is 1.08 bits per heavy atom. The van der Waals surface area contributed by atoms with Crippen molar-refractivity contribution in [1.82, 2.24) is 9.80 Å². The topological polar surface area (TPSA) is 84.9 Å². The Morgan fingerprint density at radius 3 is 2.43 bits per heavy atom. The molecule has 1 saturated heterocycles. The first-order valence-corrected chi connectivity index (χ1v) is 14.3. The van der Waals surface area contributed by atoms with Gasteiger partial charge in [-0.2, -0.15) is 0 Å². The van der Waals surface area contributed by atoms with Crippen LogP contribution >= 0.6 is 11.3 Å². The summed E-state index contributed by atoms with van der Waals surface area (Å²) in [5, 5.41) is 16.1. The van der Waals surface area contributed by atoms with Crippen molar-refractivity contribution in [2.24, 2.45) is 11.3 Å². The second-order valence-corrected chi connectivity index (χ2v) is 12.8. The molecular weight excluding hydrogens is 484 g/mol. The second-order valence-electron chi connectivity index (χ2n) is 11.7. The molecule has 1 aliphatic carbocycles. The molecule has 1 atom stereocenters. The average molecular weight is 527 g/mol. The Bertz CT molecular complexity index is 1130. The summed E-state index contributed by atoms with van der Waals surface area (Å²) in [5.74, 6) is 0.321. The molecule has 2 aromatic rings. The minimum Gasteiger partial charge on any atom is -0.395 e. The number of aliphatic hydroxyl groups is 1. The highest BCUT2D eigenvalue weighted by atomic mass is 32.1. The van der Waals surface area contributed by atoms with Gasteiger partial charge in [0.25, 0.3) is 5.91 Å². The van der Waals surface area contributed by atoms with Crippen LogP contribution in [0, 0.1) is 25.2 Å². The molecule has 3 N–H and O–H groups in total. The number of aryl methyl sites for hydroxylation is 2. The summed E-state index contributed by atoms with van der Waals surface area (Å²) in [4.78, 5) is 32.4. The van der Waals surface area contributed by atoms with Crippen molar-refractivity contribution in [3.8, 4) is 0 Å². The number of anilines is 2. The number of nitrogens with zero attached hydrogens (tertiary/aromatic N) is 2. The van der Waals surface area contributed by atoms with Gasteiger partial charge in [-0.15, -0.1) is 11.3 Å². The second kappa shape index (κ2) is 11.6. The highest BCUT2D eigenvalue weighted by Crippen LogP contribution is 2.44. The molecule has 1 unspecified atom stereocenters. The van der Waals surface area contributed by atoms with E-state index in [1.54, 1.807) is 11.3 Å². The van der Waals surface area contributed by atoms with Gasteiger partial charge in [0.15, 0.2) is 0 Å². The van der Waals surface area contributed by atoms with Crippen LogP contribution in [0.5, 0.6) is 0 Å². The lowest BCUT2D eigenvalue weighted by molar-refractivity contribution is -0.117. The molecule has 0 saturated carbocycles. The number of β-amino-alcohol motifs (C(OH)–C–C–N with tert-alkyl or cyclic N) is 1. The largest absolute Gasteiger partial charge is 0.395 e. The van der Waals surface area contributed by atoms with Crippen LogP contribution in [0.2, 0.25) is 0 Å². The quantitative estimate of drug-likeness (QED) is 0.501. The van der Waals surface area contributed by atoms with Crippen molar-refractivity contribution in [2.75, 3.05) is 56.5 Å². The van der Waals surface area contributed by atoms with Crippen molar-refractivity contribution in [3.05, 3.63) is 45.3 Å². The molecular formula is C29H42N4O3S. The van der Waals surface area contributed by atoms with E-state index in [1.807, 2.05) is 26.0 Å². The van der Waals surface area contributed by atoms with Crippen molar-refractivity contribution < 1.29 is 14.7 Å². The lowest BCUT2D eigenvalue weighted by Crippen LogP contribution is -2.49. The number of hydrogen-bond donors (Lipinski definition) is 3. The number of fused-ring (bicyclic) bond motifs is 1. The number of carbonyl (C=O) groups is 2. The van der Waals surface area contributed by atoms with Crippen LogP contribution in [0.3, 0.4) is 0 Å². The highest BCUT2D eigenvalue weighted by molar-refractivity contribution is 7.17. The Labute approximate surface area is 225 Å². The van der Waals surface area contributed by atoms with E-state index in [0.29, 0.717) is 29.6 Å². The number of amides is 2. The van der Waals surface area contributed by atoms with E-state index in [2.05, 4.69) is 47.3 Å². The molecule has 1 aliphatic heterocycles. The number of benzene rings is 1. The zero-order valence-electron chi connectivity index (χ0n) is 22.9. The van der Waals surface area contributed by atoms with Gasteiger partial charge in [0.1, 0.15) is 5.00 Å². The average Bonchev–Trinajstić information content (AvgIpc) is 3.18. The van der Waals surface area contributed by atoms with Crippen molar-refractivity contribution in [1.29, 1.82) is 0 Å². The van der Waals surface area contributed by atoms with Gasteiger partial charge in [-0.05, 0) is 61.6 Å². The van der Waals surface area contributed by atoms with E-state index in [4.69, 9.17) is 5.11 Å². The number of nitrogens with one attached hydrogen (secondary N) is 2. The maximum absolute atomic E-state index is 13.7. The van der Waals surface area contributed by atoms with Crippen LogP contribution in [0.1, 0.15) is 59.1 Å². The Morgan fingerprint density at radius 2 is 1.78 bits per heavy atom. The van der Waals surface area contributed by atoms with Crippen LogP contribution in [-0.2, 0) is 17.6 Å². The van der Waals surface area contributed by atoms with E-state index in [1.165, 1.54) is 4.88 Å². The van der Waals surface area contributed by atoms with Gasteiger partial charge in [0.05, 0.1) is 18.7 Å². The van der Waals surface area contributed by atoms with E-state index in [0.717, 1.165) is 67.8 Å². The molecule has 1 fully saturated rings. The van der Waals surface area contributed by atoms with Crippen LogP contribution in [-0.4, -0.2) is 72.6 Å². The van der Waals surface area contributed by atoms with E-state index >= 15 is 0 Å². The zero-order chi connectivity index (χ0) is 26.7. The standard InChI is InChI=1S/C29H42N4O3S/c1-19-6-9-23(20(2)16-19)30-27(36)26-22-8-7-21(29(3,4)5)17-24(22)37-28(26)31-25(35)18-33-12-10-32(11-13-33)14-15-34/h6,9,16,21,34H,7-8,10-15,17-18H2,1-5H3,(H,30,36)(H,31,35). The summed E-state index contributed by atoms with van der Waals surface area (Å²) in [5.41, 5.74) is 4.91. The highest BCUT2D eigenvalue weighted by Gasteiger charge is 2.34. The zero-order valence-corrected chi connectivity index (χ0v) is 23.8. The van der Waals surface area contributed by atoms with Gasteiger partial charge in [-0.25, -0.2) is 0 Å². The summed E-state index contributed by atoms with van der Waals surface area (Å²) in [6, 6.07) is 6.02. The molecule has 0 radical (unpaired) electrons.